The van der Waals surface area contributed by atoms with Gasteiger partial charge in [-0.2, -0.15) is 0 Å². The first-order valence-corrected chi connectivity index (χ1v) is 11.3. The van der Waals surface area contributed by atoms with E-state index in [1.807, 2.05) is 0 Å². The molecule has 3 aromatic carbocycles. The molecule has 0 unspecified atom stereocenters. The molecule has 2 amide bonds. The summed E-state index contributed by atoms with van der Waals surface area (Å²) in [6.07, 6.45) is 1.57. The molecule has 0 atom stereocenters. The molecular weight excluding hydrogens is 484 g/mol. The van der Waals surface area contributed by atoms with Gasteiger partial charge in [-0.15, -0.1) is 0 Å². The quantitative estimate of drug-likeness (QED) is 0.349. The van der Waals surface area contributed by atoms with Gasteiger partial charge in [0, 0.05) is 5.56 Å². The number of halogens is 3. The van der Waals surface area contributed by atoms with Crippen LogP contribution in [0.15, 0.2) is 65.6 Å². The van der Waals surface area contributed by atoms with E-state index in [4.69, 9.17) is 21.1 Å². The van der Waals surface area contributed by atoms with E-state index in [1.165, 1.54) is 43.5 Å². The number of benzene rings is 3. The Morgan fingerprint density at radius 3 is 2.50 bits per heavy atom. The molecule has 0 spiro atoms. The lowest BCUT2D eigenvalue weighted by Crippen LogP contribution is -2.27. The number of hydrogen-bond acceptors (Lipinski definition) is 5. The van der Waals surface area contributed by atoms with Gasteiger partial charge in [0.2, 0.25) is 0 Å². The van der Waals surface area contributed by atoms with Crippen molar-refractivity contribution in [2.45, 2.75) is 13.2 Å². The number of imide groups is 1. The topological polar surface area (TPSA) is 55.8 Å². The van der Waals surface area contributed by atoms with E-state index in [2.05, 4.69) is 0 Å². The molecule has 1 heterocycles. The van der Waals surface area contributed by atoms with Crippen molar-refractivity contribution in [2.24, 2.45) is 0 Å². The average Bonchev–Trinajstić information content (AvgIpc) is 3.07. The summed E-state index contributed by atoms with van der Waals surface area (Å²) in [4.78, 5) is 26.6. The monoisotopic (exact) mass is 501 g/mol. The summed E-state index contributed by atoms with van der Waals surface area (Å²) >= 11 is 6.88. The second kappa shape index (κ2) is 10.3. The Morgan fingerprint density at radius 1 is 1.03 bits per heavy atom. The number of rotatable bonds is 7. The third-order valence-electron chi connectivity index (χ3n) is 5.05. The number of carbonyl (C=O) groups is 2. The van der Waals surface area contributed by atoms with Gasteiger partial charge in [-0.25, -0.2) is 8.78 Å². The predicted molar refractivity (Wildman–Crippen MR) is 127 cm³/mol. The summed E-state index contributed by atoms with van der Waals surface area (Å²) in [5.74, 6) is -0.601. The number of carbonyl (C=O) groups excluding carboxylic acids is 2. The van der Waals surface area contributed by atoms with Crippen LogP contribution < -0.4 is 9.47 Å². The van der Waals surface area contributed by atoms with Gasteiger partial charge in [0.15, 0.2) is 11.5 Å². The molecule has 1 saturated heterocycles. The zero-order valence-electron chi connectivity index (χ0n) is 17.9. The Kier molecular flexibility index (Phi) is 7.19. The van der Waals surface area contributed by atoms with E-state index in [0.717, 1.165) is 16.7 Å². The fourth-order valence-corrected chi connectivity index (χ4v) is 4.33. The first-order chi connectivity index (χ1) is 16.4. The Balaban J connectivity index is 1.53. The van der Waals surface area contributed by atoms with Crippen molar-refractivity contribution in [3.63, 3.8) is 0 Å². The van der Waals surface area contributed by atoms with Crippen LogP contribution in [0.3, 0.4) is 0 Å². The minimum Gasteiger partial charge on any atom is -0.493 e. The summed E-state index contributed by atoms with van der Waals surface area (Å²) < 4.78 is 38.3. The van der Waals surface area contributed by atoms with E-state index >= 15 is 0 Å². The molecule has 1 aliphatic rings. The van der Waals surface area contributed by atoms with Crippen LogP contribution in [0, 0.1) is 11.6 Å². The number of hydrogen-bond donors (Lipinski definition) is 0. The normalized spacial score (nSPS) is 14.7. The minimum absolute atomic E-state index is 0.0443. The number of nitrogens with zero attached hydrogens (tertiary/aromatic N) is 1. The molecule has 1 fully saturated rings. The van der Waals surface area contributed by atoms with Crippen molar-refractivity contribution in [1.29, 1.82) is 0 Å². The van der Waals surface area contributed by atoms with Crippen LogP contribution in [-0.2, 0) is 17.9 Å². The number of methoxy groups -OCH3 is 1. The highest BCUT2D eigenvalue weighted by Gasteiger charge is 2.35. The van der Waals surface area contributed by atoms with Crippen LogP contribution in [0.5, 0.6) is 11.5 Å². The van der Waals surface area contributed by atoms with Gasteiger partial charge in [-0.05, 0) is 65.4 Å². The Morgan fingerprint density at radius 2 is 1.79 bits per heavy atom. The lowest BCUT2D eigenvalue weighted by atomic mass is 10.1. The molecule has 174 valence electrons. The lowest BCUT2D eigenvalue weighted by Gasteiger charge is -2.13. The van der Waals surface area contributed by atoms with Crippen molar-refractivity contribution in [2.75, 3.05) is 7.11 Å². The first kappa shape index (κ1) is 23.8. The van der Waals surface area contributed by atoms with Crippen LogP contribution in [0.25, 0.3) is 6.08 Å². The molecule has 34 heavy (non-hydrogen) atoms. The smallest absolute Gasteiger partial charge is 0.293 e. The molecule has 0 radical (unpaired) electrons. The van der Waals surface area contributed by atoms with Crippen molar-refractivity contribution in [3.8, 4) is 11.5 Å². The summed E-state index contributed by atoms with van der Waals surface area (Å²) in [6.45, 7) is -0.0812. The largest absolute Gasteiger partial charge is 0.493 e. The zero-order chi connectivity index (χ0) is 24.2. The van der Waals surface area contributed by atoms with E-state index in [1.54, 1.807) is 30.3 Å². The maximum absolute atomic E-state index is 14.1. The molecule has 5 nitrogen and oxygen atoms in total. The van der Waals surface area contributed by atoms with E-state index in [-0.39, 0.29) is 28.6 Å². The fraction of sp³-hybridized carbons (Fsp3) is 0.120. The molecule has 0 saturated carbocycles. The summed E-state index contributed by atoms with van der Waals surface area (Å²) in [5, 5.41) is -0.176. The molecule has 0 N–H and O–H groups in total. The van der Waals surface area contributed by atoms with Crippen LogP contribution in [0.4, 0.5) is 13.6 Å². The summed E-state index contributed by atoms with van der Waals surface area (Å²) in [7, 11) is 1.47. The Hall–Kier alpha value is -3.36. The molecule has 9 heteroatoms. The first-order valence-electron chi connectivity index (χ1n) is 10.1. The summed E-state index contributed by atoms with van der Waals surface area (Å²) in [6, 6.07) is 14.9. The van der Waals surface area contributed by atoms with Crippen LogP contribution >= 0.6 is 23.4 Å². The van der Waals surface area contributed by atoms with Crippen molar-refractivity contribution >= 4 is 40.6 Å². The van der Waals surface area contributed by atoms with Crippen LogP contribution in [-0.4, -0.2) is 23.2 Å². The molecule has 4 rings (SSSR count). The third kappa shape index (κ3) is 5.24. The molecule has 0 aliphatic carbocycles. The van der Waals surface area contributed by atoms with Crippen LogP contribution in [0.2, 0.25) is 5.02 Å². The summed E-state index contributed by atoms with van der Waals surface area (Å²) in [5.41, 5.74) is 1.43. The molecule has 1 aliphatic heterocycles. The Labute approximate surface area is 203 Å². The molecule has 0 bridgehead atoms. The van der Waals surface area contributed by atoms with Crippen molar-refractivity contribution in [3.05, 3.63) is 98.9 Å². The van der Waals surface area contributed by atoms with Gasteiger partial charge in [0.05, 0.1) is 23.6 Å². The van der Waals surface area contributed by atoms with Gasteiger partial charge in [-0.3, -0.25) is 14.5 Å². The lowest BCUT2D eigenvalue weighted by molar-refractivity contribution is -0.123. The highest BCUT2D eigenvalue weighted by molar-refractivity contribution is 8.18. The number of ether oxygens (including phenoxy) is 2. The fourth-order valence-electron chi connectivity index (χ4n) is 3.28. The second-order valence-corrected chi connectivity index (χ2v) is 8.69. The number of thioether (sulfide) groups is 1. The molecule has 3 aromatic rings. The SMILES string of the molecule is COc1ccc(/C=C2/SC(=O)N(Cc3ccc(F)cc3)C2=O)cc1OCc1c(F)cccc1Cl. The molecular formula is C25H18ClF2NO4S. The van der Waals surface area contributed by atoms with Crippen molar-refractivity contribution < 1.29 is 27.8 Å². The standard InChI is InChI=1S/C25H18ClF2NO4S/c1-32-21-10-7-16(11-22(21)33-14-18-19(26)3-2-4-20(18)28)12-23-24(30)29(25(31)34-23)13-15-5-8-17(27)9-6-15/h2-12H,13-14H2,1H3/b23-12+. The second-order valence-electron chi connectivity index (χ2n) is 7.29. The predicted octanol–water partition coefficient (Wildman–Crippen LogP) is 6.44. The van der Waals surface area contributed by atoms with E-state index in [0.29, 0.717) is 22.6 Å². The minimum atomic E-state index is -0.488. The number of amides is 2. The van der Waals surface area contributed by atoms with Gasteiger partial charge in [0.25, 0.3) is 11.1 Å². The Bertz CT molecular complexity index is 1260. The van der Waals surface area contributed by atoms with Gasteiger partial charge in [0.1, 0.15) is 18.2 Å². The van der Waals surface area contributed by atoms with E-state index < -0.39 is 22.8 Å². The zero-order valence-corrected chi connectivity index (χ0v) is 19.5. The maximum Gasteiger partial charge on any atom is 0.293 e. The molecule has 0 aromatic heterocycles. The average molecular weight is 502 g/mol. The highest BCUT2D eigenvalue weighted by atomic mass is 35.5. The van der Waals surface area contributed by atoms with Gasteiger partial charge in [-0.1, -0.05) is 35.9 Å². The van der Waals surface area contributed by atoms with Crippen molar-refractivity contribution in [1.82, 2.24) is 4.90 Å². The van der Waals surface area contributed by atoms with E-state index in [9.17, 15) is 18.4 Å². The van der Waals surface area contributed by atoms with Gasteiger partial charge >= 0.3 is 0 Å². The van der Waals surface area contributed by atoms with Gasteiger partial charge < -0.3 is 9.47 Å². The maximum atomic E-state index is 14.1. The third-order valence-corrected chi connectivity index (χ3v) is 6.31. The van der Waals surface area contributed by atoms with Crippen LogP contribution in [0.1, 0.15) is 16.7 Å². The highest BCUT2D eigenvalue weighted by Crippen LogP contribution is 2.36.